The molecule has 188 valence electrons. The zero-order valence-electron chi connectivity index (χ0n) is 20.7. The van der Waals surface area contributed by atoms with Gasteiger partial charge in [0.05, 0.1) is 24.1 Å². The van der Waals surface area contributed by atoms with E-state index < -0.39 is 23.1 Å². The Bertz CT molecular complexity index is 1320. The molecule has 3 heterocycles. The van der Waals surface area contributed by atoms with E-state index in [4.69, 9.17) is 10.5 Å². The highest BCUT2D eigenvalue weighted by molar-refractivity contribution is 6.00. The summed E-state index contributed by atoms with van der Waals surface area (Å²) in [4.78, 5) is 44.6. The van der Waals surface area contributed by atoms with Gasteiger partial charge in [-0.3, -0.25) is 14.4 Å². The SMILES string of the molecule is CC(C)(N)C(=O)N[C@H](Cc1c[nH]c2ccccc12)C(=O)N1CCC[C@]2(CC(=O)c3ccccc3O2)C1. The number of hydrogen-bond acceptors (Lipinski definition) is 5. The van der Waals surface area contributed by atoms with Crippen LogP contribution in [0.15, 0.2) is 54.7 Å². The number of nitrogens with zero attached hydrogens (tertiary/aromatic N) is 1. The number of ether oxygens (including phenoxy) is 1. The van der Waals surface area contributed by atoms with Gasteiger partial charge in [-0.05, 0) is 50.5 Å². The predicted octanol–water partition coefficient (Wildman–Crippen LogP) is 2.96. The number of carbonyl (C=O) groups excluding carboxylic acids is 3. The Balaban J connectivity index is 1.41. The summed E-state index contributed by atoms with van der Waals surface area (Å²) in [6, 6.07) is 14.3. The molecular weight excluding hydrogens is 456 g/mol. The molecule has 8 heteroatoms. The van der Waals surface area contributed by atoms with Crippen LogP contribution < -0.4 is 15.8 Å². The van der Waals surface area contributed by atoms with Crippen LogP contribution in [0.4, 0.5) is 0 Å². The average molecular weight is 489 g/mol. The van der Waals surface area contributed by atoms with Gasteiger partial charge in [0.2, 0.25) is 11.8 Å². The molecule has 3 aromatic rings. The molecule has 2 amide bonds. The zero-order chi connectivity index (χ0) is 25.5. The number of rotatable bonds is 5. The van der Waals surface area contributed by atoms with Crippen LogP contribution in [-0.2, 0) is 16.0 Å². The number of benzene rings is 2. The number of nitrogens with one attached hydrogen (secondary N) is 2. The Morgan fingerprint density at radius 2 is 1.94 bits per heavy atom. The lowest BCUT2D eigenvalue weighted by Gasteiger charge is -2.45. The van der Waals surface area contributed by atoms with Crippen molar-refractivity contribution in [3.05, 3.63) is 65.9 Å². The van der Waals surface area contributed by atoms with Gasteiger partial charge >= 0.3 is 0 Å². The first-order valence-corrected chi connectivity index (χ1v) is 12.4. The molecule has 1 spiro atoms. The summed E-state index contributed by atoms with van der Waals surface area (Å²) in [5, 5.41) is 3.90. The lowest BCUT2D eigenvalue weighted by molar-refractivity contribution is -0.142. The lowest BCUT2D eigenvalue weighted by atomic mass is 9.83. The summed E-state index contributed by atoms with van der Waals surface area (Å²) in [6.45, 7) is 4.05. The molecule has 8 nitrogen and oxygen atoms in total. The summed E-state index contributed by atoms with van der Waals surface area (Å²) in [5.74, 6) is -0.00597. The Labute approximate surface area is 210 Å². The average Bonchev–Trinajstić information content (AvgIpc) is 3.25. The third-order valence-electron chi connectivity index (χ3n) is 7.14. The smallest absolute Gasteiger partial charge is 0.245 e. The van der Waals surface area contributed by atoms with Crippen LogP contribution in [0.5, 0.6) is 5.75 Å². The molecule has 0 saturated carbocycles. The second-order valence-corrected chi connectivity index (χ2v) is 10.6. The molecule has 0 radical (unpaired) electrons. The van der Waals surface area contributed by atoms with E-state index in [0.717, 1.165) is 16.5 Å². The number of H-pyrrole nitrogens is 1. The number of para-hydroxylation sites is 2. The Morgan fingerprint density at radius 3 is 2.75 bits per heavy atom. The Hall–Kier alpha value is -3.65. The van der Waals surface area contributed by atoms with E-state index in [-0.39, 0.29) is 24.7 Å². The van der Waals surface area contributed by atoms with E-state index in [1.807, 2.05) is 42.6 Å². The van der Waals surface area contributed by atoms with Crippen molar-refractivity contribution in [1.82, 2.24) is 15.2 Å². The molecule has 2 aliphatic rings. The van der Waals surface area contributed by atoms with Crippen molar-refractivity contribution in [2.45, 2.75) is 56.7 Å². The van der Waals surface area contributed by atoms with E-state index >= 15 is 0 Å². The van der Waals surface area contributed by atoms with Gasteiger partial charge in [0.1, 0.15) is 17.4 Å². The molecule has 2 atom stereocenters. The predicted molar refractivity (Wildman–Crippen MR) is 137 cm³/mol. The summed E-state index contributed by atoms with van der Waals surface area (Å²) >= 11 is 0. The minimum Gasteiger partial charge on any atom is -0.484 e. The summed E-state index contributed by atoms with van der Waals surface area (Å²) in [7, 11) is 0. The van der Waals surface area contributed by atoms with Crippen LogP contribution in [0.2, 0.25) is 0 Å². The van der Waals surface area contributed by atoms with Crippen LogP contribution in [0.3, 0.4) is 0 Å². The molecule has 4 N–H and O–H groups in total. The first-order chi connectivity index (χ1) is 17.2. The lowest BCUT2D eigenvalue weighted by Crippen LogP contribution is -2.61. The molecule has 2 aromatic carbocycles. The highest BCUT2D eigenvalue weighted by Crippen LogP contribution is 2.38. The first-order valence-electron chi connectivity index (χ1n) is 12.4. The van der Waals surface area contributed by atoms with Crippen molar-refractivity contribution >= 4 is 28.5 Å². The van der Waals surface area contributed by atoms with Crippen LogP contribution in [0, 0.1) is 0 Å². The van der Waals surface area contributed by atoms with Gasteiger partial charge in [0.25, 0.3) is 0 Å². The van der Waals surface area contributed by atoms with Gasteiger partial charge in [-0.25, -0.2) is 0 Å². The number of piperidine rings is 1. The standard InChI is InChI=1S/C28H32N4O4/c1-27(2,29)26(35)31-22(14-18-16-30-21-10-5-3-8-19(18)21)25(34)32-13-7-12-28(17-32)15-23(33)20-9-4-6-11-24(20)36-28/h3-6,8-11,16,22,30H,7,12-15,17,29H2,1-2H3,(H,31,35)/t22-,28+/m1/s1. The maximum absolute atomic E-state index is 13.9. The molecule has 2 aliphatic heterocycles. The van der Waals surface area contributed by atoms with Gasteiger partial charge in [0, 0.05) is 30.1 Å². The first kappa shape index (κ1) is 24.1. The molecule has 1 fully saturated rings. The summed E-state index contributed by atoms with van der Waals surface area (Å²) in [6.07, 6.45) is 3.81. The largest absolute Gasteiger partial charge is 0.484 e. The van der Waals surface area contributed by atoms with E-state index in [0.29, 0.717) is 37.1 Å². The molecule has 36 heavy (non-hydrogen) atoms. The minimum absolute atomic E-state index is 0.0275. The number of carbonyl (C=O) groups is 3. The third kappa shape index (κ3) is 4.60. The molecular formula is C28H32N4O4. The van der Waals surface area contributed by atoms with Crippen LogP contribution in [0.1, 0.15) is 49.0 Å². The number of amides is 2. The van der Waals surface area contributed by atoms with Gasteiger partial charge in [0.15, 0.2) is 5.78 Å². The van der Waals surface area contributed by atoms with E-state index in [1.165, 1.54) is 0 Å². The van der Waals surface area contributed by atoms with Crippen molar-refractivity contribution in [2.24, 2.45) is 5.73 Å². The number of Topliss-reactive ketones (excluding diaryl/α,β-unsaturated/α-hetero) is 1. The Morgan fingerprint density at radius 1 is 1.19 bits per heavy atom. The Kier molecular flexibility index (Phi) is 6.08. The molecule has 0 unspecified atom stereocenters. The van der Waals surface area contributed by atoms with Crippen molar-refractivity contribution in [3.8, 4) is 5.75 Å². The highest BCUT2D eigenvalue weighted by Gasteiger charge is 2.45. The van der Waals surface area contributed by atoms with Crippen molar-refractivity contribution in [2.75, 3.05) is 13.1 Å². The number of aromatic amines is 1. The quantitative estimate of drug-likeness (QED) is 0.510. The monoisotopic (exact) mass is 488 g/mol. The van der Waals surface area contributed by atoms with Crippen molar-refractivity contribution in [3.63, 3.8) is 0 Å². The van der Waals surface area contributed by atoms with Gasteiger partial charge in [-0.1, -0.05) is 30.3 Å². The van der Waals surface area contributed by atoms with Crippen LogP contribution >= 0.6 is 0 Å². The zero-order valence-corrected chi connectivity index (χ0v) is 20.7. The van der Waals surface area contributed by atoms with Crippen LogP contribution in [0.25, 0.3) is 10.9 Å². The number of likely N-dealkylation sites (tertiary alicyclic amines) is 1. The minimum atomic E-state index is -1.13. The molecule has 0 bridgehead atoms. The second kappa shape index (κ2) is 9.09. The van der Waals surface area contributed by atoms with E-state index in [9.17, 15) is 14.4 Å². The summed E-state index contributed by atoms with van der Waals surface area (Å²) < 4.78 is 6.36. The third-order valence-corrected chi connectivity index (χ3v) is 7.14. The topological polar surface area (TPSA) is 118 Å². The number of fused-ring (bicyclic) bond motifs is 2. The van der Waals surface area contributed by atoms with E-state index in [1.54, 1.807) is 30.9 Å². The van der Waals surface area contributed by atoms with Gasteiger partial charge < -0.3 is 25.7 Å². The molecule has 1 aromatic heterocycles. The van der Waals surface area contributed by atoms with Crippen molar-refractivity contribution in [1.29, 1.82) is 0 Å². The number of ketones is 1. The molecule has 0 aliphatic carbocycles. The number of nitrogens with two attached hydrogens (primary N) is 1. The van der Waals surface area contributed by atoms with Crippen molar-refractivity contribution < 1.29 is 19.1 Å². The fraction of sp³-hybridized carbons (Fsp3) is 0.393. The fourth-order valence-corrected chi connectivity index (χ4v) is 5.24. The fourth-order valence-electron chi connectivity index (χ4n) is 5.24. The van der Waals surface area contributed by atoms with E-state index in [2.05, 4.69) is 10.3 Å². The molecule has 5 rings (SSSR count). The summed E-state index contributed by atoms with van der Waals surface area (Å²) in [5.41, 5.74) is 6.63. The maximum atomic E-state index is 13.9. The number of hydrogen-bond donors (Lipinski definition) is 3. The molecule has 1 saturated heterocycles. The second-order valence-electron chi connectivity index (χ2n) is 10.6. The van der Waals surface area contributed by atoms with Gasteiger partial charge in [-0.15, -0.1) is 0 Å². The highest BCUT2D eigenvalue weighted by atomic mass is 16.5. The maximum Gasteiger partial charge on any atom is 0.245 e. The normalized spacial score (nSPS) is 20.6. The van der Waals surface area contributed by atoms with Crippen LogP contribution in [-0.4, -0.2) is 57.8 Å². The van der Waals surface area contributed by atoms with Gasteiger partial charge in [-0.2, -0.15) is 0 Å². The number of aromatic nitrogens is 1.